The Hall–Kier alpha value is -1.06. The molecule has 0 aliphatic carbocycles. The van der Waals surface area contributed by atoms with Gasteiger partial charge in [-0.05, 0) is 49.9 Å². The second-order valence-corrected chi connectivity index (χ2v) is 6.06. The third kappa shape index (κ3) is 2.77. The molecule has 0 spiro atoms. The van der Waals surface area contributed by atoms with Gasteiger partial charge in [-0.25, -0.2) is 0 Å². The minimum absolute atomic E-state index is 0.352. The van der Waals surface area contributed by atoms with Gasteiger partial charge < -0.3 is 10.0 Å². The van der Waals surface area contributed by atoms with Gasteiger partial charge in [0.2, 0.25) is 0 Å². The molecule has 2 heterocycles. The van der Waals surface area contributed by atoms with Crippen molar-refractivity contribution in [2.75, 3.05) is 37.7 Å². The summed E-state index contributed by atoms with van der Waals surface area (Å²) in [7, 11) is 0. The van der Waals surface area contributed by atoms with Crippen LogP contribution in [0.5, 0.6) is 0 Å². The van der Waals surface area contributed by atoms with E-state index in [1.165, 1.54) is 17.7 Å². The molecule has 3 nitrogen and oxygen atoms in total. The zero-order valence-electron chi connectivity index (χ0n) is 11.8. The zero-order chi connectivity index (χ0) is 13.2. The van der Waals surface area contributed by atoms with E-state index in [0.29, 0.717) is 18.6 Å². The number of anilines is 1. The van der Waals surface area contributed by atoms with E-state index in [0.717, 1.165) is 32.6 Å². The Morgan fingerprint density at radius 3 is 2.84 bits per heavy atom. The Kier molecular flexibility index (Phi) is 3.76. The van der Waals surface area contributed by atoms with Gasteiger partial charge >= 0.3 is 0 Å². The van der Waals surface area contributed by atoms with Crippen LogP contribution >= 0.6 is 0 Å². The number of aliphatic hydroxyl groups is 1. The van der Waals surface area contributed by atoms with Gasteiger partial charge in [0.15, 0.2) is 0 Å². The topological polar surface area (TPSA) is 26.7 Å². The molecule has 0 radical (unpaired) electrons. The predicted octanol–water partition coefficient (Wildman–Crippen LogP) is 1.89. The van der Waals surface area contributed by atoms with E-state index >= 15 is 0 Å². The molecule has 2 fully saturated rings. The van der Waals surface area contributed by atoms with Crippen LogP contribution in [-0.2, 0) is 0 Å². The number of aryl methyl sites for hydroxylation is 1. The Labute approximate surface area is 115 Å². The summed E-state index contributed by atoms with van der Waals surface area (Å²) >= 11 is 0. The molecular formula is C16H24N2O. The summed E-state index contributed by atoms with van der Waals surface area (Å²) in [6.07, 6.45) is 2.42. The molecule has 1 aromatic rings. The molecule has 3 rings (SSSR count). The molecule has 104 valence electrons. The van der Waals surface area contributed by atoms with Crippen LogP contribution in [-0.4, -0.2) is 48.8 Å². The minimum Gasteiger partial charge on any atom is -0.396 e. The highest BCUT2D eigenvalue weighted by molar-refractivity contribution is 5.49. The van der Waals surface area contributed by atoms with Crippen LogP contribution in [0.4, 0.5) is 5.69 Å². The average Bonchev–Trinajstić information content (AvgIpc) is 3.07. The normalized spacial score (nSPS) is 28.2. The maximum atomic E-state index is 9.25. The van der Waals surface area contributed by atoms with Crippen molar-refractivity contribution in [1.29, 1.82) is 0 Å². The molecule has 3 heteroatoms. The maximum absolute atomic E-state index is 9.25. The van der Waals surface area contributed by atoms with Gasteiger partial charge in [-0.2, -0.15) is 0 Å². The second-order valence-electron chi connectivity index (χ2n) is 6.06. The van der Waals surface area contributed by atoms with Crippen LogP contribution in [0.3, 0.4) is 0 Å². The molecule has 2 aliphatic rings. The van der Waals surface area contributed by atoms with E-state index in [1.54, 1.807) is 0 Å². The molecular weight excluding hydrogens is 236 g/mol. The van der Waals surface area contributed by atoms with Gasteiger partial charge in [0, 0.05) is 38.0 Å². The van der Waals surface area contributed by atoms with Crippen molar-refractivity contribution in [2.24, 2.45) is 5.92 Å². The summed E-state index contributed by atoms with van der Waals surface area (Å²) in [5.74, 6) is 0.507. The van der Waals surface area contributed by atoms with Gasteiger partial charge in [-0.3, -0.25) is 4.90 Å². The average molecular weight is 260 g/mol. The number of hydrogen-bond acceptors (Lipinski definition) is 3. The van der Waals surface area contributed by atoms with E-state index in [2.05, 4.69) is 41.0 Å². The van der Waals surface area contributed by atoms with Crippen molar-refractivity contribution in [2.45, 2.75) is 25.8 Å². The number of nitrogens with zero attached hydrogens (tertiary/aromatic N) is 2. The molecule has 2 atom stereocenters. The lowest BCUT2D eigenvalue weighted by molar-refractivity contribution is 0.204. The summed E-state index contributed by atoms with van der Waals surface area (Å²) < 4.78 is 0. The highest BCUT2D eigenvalue weighted by Gasteiger charge is 2.32. The molecule has 0 aromatic heterocycles. The SMILES string of the molecule is Cc1cccc(N2CCC(N3CCC(CO)C3)C2)c1. The van der Waals surface area contributed by atoms with E-state index in [9.17, 15) is 5.11 Å². The van der Waals surface area contributed by atoms with Crippen molar-refractivity contribution in [3.05, 3.63) is 29.8 Å². The summed E-state index contributed by atoms with van der Waals surface area (Å²) in [4.78, 5) is 5.08. The van der Waals surface area contributed by atoms with E-state index in [-0.39, 0.29) is 0 Å². The number of rotatable bonds is 3. The molecule has 0 saturated carbocycles. The highest BCUT2D eigenvalue weighted by Crippen LogP contribution is 2.27. The lowest BCUT2D eigenvalue weighted by Gasteiger charge is -2.25. The van der Waals surface area contributed by atoms with Crippen LogP contribution in [0.1, 0.15) is 18.4 Å². The van der Waals surface area contributed by atoms with Crippen LogP contribution in [0, 0.1) is 12.8 Å². The maximum Gasteiger partial charge on any atom is 0.0471 e. The smallest absolute Gasteiger partial charge is 0.0471 e. The molecule has 2 unspecified atom stereocenters. The monoisotopic (exact) mass is 260 g/mol. The van der Waals surface area contributed by atoms with E-state index in [4.69, 9.17) is 0 Å². The summed E-state index contributed by atoms with van der Waals surface area (Å²) in [6, 6.07) is 9.48. The van der Waals surface area contributed by atoms with Gasteiger partial charge in [-0.15, -0.1) is 0 Å². The first-order chi connectivity index (χ1) is 9.26. The lowest BCUT2D eigenvalue weighted by atomic mass is 10.1. The minimum atomic E-state index is 0.352. The second kappa shape index (κ2) is 5.51. The quantitative estimate of drug-likeness (QED) is 0.899. The lowest BCUT2D eigenvalue weighted by Crippen LogP contribution is -2.36. The van der Waals surface area contributed by atoms with Gasteiger partial charge in [0.1, 0.15) is 0 Å². The van der Waals surface area contributed by atoms with Gasteiger partial charge in [0.25, 0.3) is 0 Å². The van der Waals surface area contributed by atoms with Crippen LogP contribution in [0.15, 0.2) is 24.3 Å². The van der Waals surface area contributed by atoms with Gasteiger partial charge in [0.05, 0.1) is 0 Å². The molecule has 0 bridgehead atoms. The number of hydrogen-bond donors (Lipinski definition) is 1. The first-order valence-electron chi connectivity index (χ1n) is 7.43. The van der Waals surface area contributed by atoms with Gasteiger partial charge in [-0.1, -0.05) is 12.1 Å². The summed E-state index contributed by atoms with van der Waals surface area (Å²) in [5.41, 5.74) is 2.70. The van der Waals surface area contributed by atoms with Crippen LogP contribution in [0.25, 0.3) is 0 Å². The number of benzene rings is 1. The van der Waals surface area contributed by atoms with Crippen molar-refractivity contribution < 1.29 is 5.11 Å². The Morgan fingerprint density at radius 2 is 2.11 bits per heavy atom. The summed E-state index contributed by atoms with van der Waals surface area (Å²) in [6.45, 7) is 7.06. The van der Waals surface area contributed by atoms with Crippen LogP contribution in [0.2, 0.25) is 0 Å². The zero-order valence-corrected chi connectivity index (χ0v) is 11.8. The molecule has 0 amide bonds. The number of likely N-dealkylation sites (tertiary alicyclic amines) is 1. The number of aliphatic hydroxyl groups excluding tert-OH is 1. The van der Waals surface area contributed by atoms with Crippen molar-refractivity contribution in [1.82, 2.24) is 4.90 Å². The third-order valence-corrected chi connectivity index (χ3v) is 4.62. The first-order valence-corrected chi connectivity index (χ1v) is 7.43. The molecule has 1 aromatic carbocycles. The highest BCUT2D eigenvalue weighted by atomic mass is 16.3. The standard InChI is InChI=1S/C16H24N2O/c1-13-3-2-4-15(9-13)18-8-6-16(11-18)17-7-5-14(10-17)12-19/h2-4,9,14,16,19H,5-8,10-12H2,1H3. The third-order valence-electron chi connectivity index (χ3n) is 4.62. The predicted molar refractivity (Wildman–Crippen MR) is 78.6 cm³/mol. The fourth-order valence-electron chi connectivity index (χ4n) is 3.44. The molecule has 1 N–H and O–H groups in total. The largest absolute Gasteiger partial charge is 0.396 e. The first kappa shape index (κ1) is 12.9. The fraction of sp³-hybridized carbons (Fsp3) is 0.625. The van der Waals surface area contributed by atoms with Crippen LogP contribution < -0.4 is 4.90 Å². The van der Waals surface area contributed by atoms with Crippen molar-refractivity contribution in [3.8, 4) is 0 Å². The molecule has 19 heavy (non-hydrogen) atoms. The molecule has 2 aliphatic heterocycles. The fourth-order valence-corrected chi connectivity index (χ4v) is 3.44. The summed E-state index contributed by atoms with van der Waals surface area (Å²) in [5, 5.41) is 9.25. The Morgan fingerprint density at radius 1 is 1.21 bits per heavy atom. The van der Waals surface area contributed by atoms with Crippen molar-refractivity contribution >= 4 is 5.69 Å². The Bertz CT molecular complexity index is 435. The van der Waals surface area contributed by atoms with E-state index < -0.39 is 0 Å². The molecule has 2 saturated heterocycles. The Balaban J connectivity index is 1.61. The van der Waals surface area contributed by atoms with Crippen molar-refractivity contribution in [3.63, 3.8) is 0 Å². The van der Waals surface area contributed by atoms with E-state index in [1.807, 2.05) is 0 Å².